The Morgan fingerprint density at radius 3 is 2.57 bits per heavy atom. The van der Waals surface area contributed by atoms with Crippen molar-refractivity contribution < 1.29 is 18.1 Å². The molecule has 9 heteroatoms. The van der Waals surface area contributed by atoms with Gasteiger partial charge >= 0.3 is 0 Å². The van der Waals surface area contributed by atoms with Gasteiger partial charge in [0.2, 0.25) is 10.0 Å². The number of hydrogen-bond donors (Lipinski definition) is 1. The summed E-state index contributed by atoms with van der Waals surface area (Å²) in [4.78, 5) is 11.9. The van der Waals surface area contributed by atoms with Crippen LogP contribution in [-0.2, 0) is 14.8 Å². The van der Waals surface area contributed by atoms with Crippen LogP contribution in [0.15, 0.2) is 41.3 Å². The van der Waals surface area contributed by atoms with Crippen LogP contribution in [0.1, 0.15) is 15.9 Å². The van der Waals surface area contributed by atoms with Crippen molar-refractivity contribution in [3.63, 3.8) is 0 Å². The molecule has 0 fully saturated rings. The van der Waals surface area contributed by atoms with Crippen molar-refractivity contribution >= 4 is 27.0 Å². The lowest BCUT2D eigenvalue weighted by Crippen LogP contribution is -2.29. The van der Waals surface area contributed by atoms with Gasteiger partial charge in [-0.1, -0.05) is 12.1 Å². The molecule has 0 radical (unpaired) electrons. The number of ether oxygens (including phenoxy) is 1. The minimum atomic E-state index is -4.01. The smallest absolute Gasteiger partial charge is 0.289 e. The molecule has 2 aromatic rings. The van der Waals surface area contributed by atoms with E-state index >= 15 is 0 Å². The highest BCUT2D eigenvalue weighted by Crippen LogP contribution is 2.26. The molecule has 0 aliphatic carbocycles. The lowest BCUT2D eigenvalue weighted by molar-refractivity contribution is -0.387. The van der Waals surface area contributed by atoms with Crippen LogP contribution in [0.4, 0.5) is 5.69 Å². The number of thiophene rings is 1. The van der Waals surface area contributed by atoms with Crippen LogP contribution < -0.4 is 4.72 Å². The van der Waals surface area contributed by atoms with Crippen LogP contribution in [0.3, 0.4) is 0 Å². The van der Waals surface area contributed by atoms with Crippen molar-refractivity contribution in [2.75, 3.05) is 13.7 Å². The Balaban J connectivity index is 2.20. The maximum atomic E-state index is 12.3. The van der Waals surface area contributed by atoms with Gasteiger partial charge in [0.05, 0.1) is 4.92 Å². The van der Waals surface area contributed by atoms with Gasteiger partial charge in [0.25, 0.3) is 5.69 Å². The van der Waals surface area contributed by atoms with Gasteiger partial charge in [-0.25, -0.2) is 13.1 Å². The third-order valence-corrected chi connectivity index (χ3v) is 5.74. The number of methoxy groups -OCH3 is 1. The lowest BCUT2D eigenvalue weighted by Gasteiger charge is -2.15. The van der Waals surface area contributed by atoms with Gasteiger partial charge in [-0.05, 0) is 25.1 Å². The van der Waals surface area contributed by atoms with Crippen molar-refractivity contribution in [2.45, 2.75) is 17.9 Å². The van der Waals surface area contributed by atoms with E-state index < -0.39 is 26.7 Å². The van der Waals surface area contributed by atoms with Gasteiger partial charge in [0.1, 0.15) is 6.10 Å². The molecule has 1 heterocycles. The number of nitrogens with one attached hydrogen (secondary N) is 1. The second kappa shape index (κ2) is 7.18. The molecule has 23 heavy (non-hydrogen) atoms. The normalized spacial score (nSPS) is 13.0. The Morgan fingerprint density at radius 1 is 1.30 bits per heavy atom. The van der Waals surface area contributed by atoms with Gasteiger partial charge in [-0.2, -0.15) is 0 Å². The van der Waals surface area contributed by atoms with E-state index in [1.165, 1.54) is 36.6 Å². The molecule has 1 aromatic heterocycles. The third-order valence-electron chi connectivity index (χ3n) is 3.17. The van der Waals surface area contributed by atoms with Crippen LogP contribution in [0.5, 0.6) is 0 Å². The standard InChI is InChI=1S/C14H16N2O5S2/c1-10-7-8-13(22-10)12(21-2)9-15-23(19,20)14-6-4-3-5-11(14)16(17)18/h3-8,12,15H,9H2,1-2H3. The molecule has 1 unspecified atom stereocenters. The van der Waals surface area contributed by atoms with Gasteiger partial charge < -0.3 is 4.74 Å². The second-order valence-corrected chi connectivity index (χ2v) is 7.80. The zero-order valence-corrected chi connectivity index (χ0v) is 14.2. The summed E-state index contributed by atoms with van der Waals surface area (Å²) in [5.74, 6) is 0. The van der Waals surface area contributed by atoms with Crippen molar-refractivity contribution in [1.29, 1.82) is 0 Å². The number of sulfonamides is 1. The minimum absolute atomic E-state index is 0.00909. The molecule has 0 aliphatic rings. The number of rotatable bonds is 7. The highest BCUT2D eigenvalue weighted by molar-refractivity contribution is 7.89. The molecule has 1 atom stereocenters. The fourth-order valence-corrected chi connectivity index (χ4v) is 4.18. The van der Waals surface area contributed by atoms with E-state index in [1.807, 2.05) is 19.1 Å². The SMILES string of the molecule is COC(CNS(=O)(=O)c1ccccc1[N+](=O)[O-])c1ccc(C)s1. The van der Waals surface area contributed by atoms with E-state index in [-0.39, 0.29) is 11.4 Å². The van der Waals surface area contributed by atoms with Crippen molar-refractivity contribution in [1.82, 2.24) is 4.72 Å². The Kier molecular flexibility index (Phi) is 5.47. The zero-order chi connectivity index (χ0) is 17.0. The van der Waals surface area contributed by atoms with E-state index in [0.717, 1.165) is 15.8 Å². The molecular formula is C14H16N2O5S2. The quantitative estimate of drug-likeness (QED) is 0.607. The number of hydrogen-bond acceptors (Lipinski definition) is 6. The summed E-state index contributed by atoms with van der Waals surface area (Å²) in [7, 11) is -2.52. The lowest BCUT2D eigenvalue weighted by atomic mass is 10.3. The Morgan fingerprint density at radius 2 is 2.00 bits per heavy atom. The van der Waals surface area contributed by atoms with E-state index in [0.29, 0.717) is 0 Å². The summed E-state index contributed by atoms with van der Waals surface area (Å²) >= 11 is 1.51. The monoisotopic (exact) mass is 356 g/mol. The number of benzene rings is 1. The van der Waals surface area contributed by atoms with Gasteiger partial charge in [-0.15, -0.1) is 11.3 Å². The molecule has 0 bridgehead atoms. The number of aryl methyl sites for hydroxylation is 1. The summed E-state index contributed by atoms with van der Waals surface area (Å²) in [6.45, 7) is 1.93. The van der Waals surface area contributed by atoms with Crippen LogP contribution >= 0.6 is 11.3 Å². The summed E-state index contributed by atoms with van der Waals surface area (Å²) in [6, 6.07) is 9.01. The van der Waals surface area contributed by atoms with Crippen LogP contribution in [0.2, 0.25) is 0 Å². The predicted octanol–water partition coefficient (Wildman–Crippen LogP) is 2.63. The van der Waals surface area contributed by atoms with E-state index in [2.05, 4.69) is 4.72 Å². The van der Waals surface area contributed by atoms with Crippen LogP contribution in [0, 0.1) is 17.0 Å². The maximum absolute atomic E-state index is 12.3. The van der Waals surface area contributed by atoms with Crippen LogP contribution in [0.25, 0.3) is 0 Å². The molecule has 0 amide bonds. The Hall–Kier alpha value is -1.81. The number of nitro groups is 1. The van der Waals surface area contributed by atoms with Gasteiger partial charge in [0, 0.05) is 29.5 Å². The fraction of sp³-hybridized carbons (Fsp3) is 0.286. The summed E-state index contributed by atoms with van der Waals surface area (Å²) in [6.07, 6.45) is -0.453. The first kappa shape index (κ1) is 17.5. The topological polar surface area (TPSA) is 98.5 Å². The van der Waals surface area contributed by atoms with Crippen molar-refractivity contribution in [3.05, 3.63) is 56.3 Å². The molecule has 1 aromatic carbocycles. The number of nitrogens with zero attached hydrogens (tertiary/aromatic N) is 1. The highest BCUT2D eigenvalue weighted by Gasteiger charge is 2.26. The van der Waals surface area contributed by atoms with E-state index in [9.17, 15) is 18.5 Å². The summed E-state index contributed by atoms with van der Waals surface area (Å²) in [5.41, 5.74) is -0.457. The molecule has 1 N–H and O–H groups in total. The predicted molar refractivity (Wildman–Crippen MR) is 87.1 cm³/mol. The maximum Gasteiger partial charge on any atom is 0.289 e. The minimum Gasteiger partial charge on any atom is -0.375 e. The number of para-hydroxylation sites is 1. The highest BCUT2D eigenvalue weighted by atomic mass is 32.2. The number of nitro benzene ring substituents is 1. The fourth-order valence-electron chi connectivity index (χ4n) is 2.02. The van der Waals surface area contributed by atoms with Crippen molar-refractivity contribution in [3.8, 4) is 0 Å². The molecule has 0 spiro atoms. The summed E-state index contributed by atoms with van der Waals surface area (Å²) < 4.78 is 32.4. The second-order valence-electron chi connectivity index (χ2n) is 4.75. The first-order valence-electron chi connectivity index (χ1n) is 6.67. The molecule has 0 saturated heterocycles. The molecule has 7 nitrogen and oxygen atoms in total. The first-order chi connectivity index (χ1) is 10.8. The first-order valence-corrected chi connectivity index (χ1v) is 8.97. The average Bonchev–Trinajstić information content (AvgIpc) is 2.94. The average molecular weight is 356 g/mol. The molecule has 2 rings (SSSR count). The van der Waals surface area contributed by atoms with Gasteiger partial charge in [0.15, 0.2) is 4.90 Å². The van der Waals surface area contributed by atoms with E-state index in [1.54, 1.807) is 0 Å². The Labute approximate surface area is 138 Å². The molecule has 124 valence electrons. The van der Waals surface area contributed by atoms with Crippen molar-refractivity contribution in [2.24, 2.45) is 0 Å². The molecule has 0 aliphatic heterocycles. The largest absolute Gasteiger partial charge is 0.375 e. The summed E-state index contributed by atoms with van der Waals surface area (Å²) in [5, 5.41) is 11.0. The zero-order valence-electron chi connectivity index (χ0n) is 12.6. The Bertz CT molecular complexity index is 801. The molecular weight excluding hydrogens is 340 g/mol. The van der Waals surface area contributed by atoms with Crippen LogP contribution in [-0.4, -0.2) is 27.0 Å². The molecule has 0 saturated carbocycles. The van der Waals surface area contributed by atoms with E-state index in [4.69, 9.17) is 4.74 Å². The third kappa shape index (κ3) is 4.14. The van der Waals surface area contributed by atoms with Gasteiger partial charge in [-0.3, -0.25) is 10.1 Å².